The first-order valence-corrected chi connectivity index (χ1v) is 7.27. The van der Waals surface area contributed by atoms with E-state index in [0.717, 1.165) is 16.9 Å². The highest BCUT2D eigenvalue weighted by Crippen LogP contribution is 2.27. The molecular weight excluding hydrogens is 345 g/mol. The molecule has 2 nitrogen and oxygen atoms in total. The molecule has 2 aromatic carbocycles. The third-order valence-corrected chi connectivity index (χ3v) is 3.77. The van der Waals surface area contributed by atoms with Crippen LogP contribution in [0.2, 0.25) is 5.02 Å². The van der Waals surface area contributed by atoms with Crippen molar-refractivity contribution in [3.05, 3.63) is 62.8 Å². The maximum absolute atomic E-state index is 13.2. The van der Waals surface area contributed by atoms with Crippen molar-refractivity contribution in [1.29, 1.82) is 0 Å². The summed E-state index contributed by atoms with van der Waals surface area (Å²) in [4.78, 5) is 0. The van der Waals surface area contributed by atoms with Crippen LogP contribution in [0, 0.1) is 5.82 Å². The molecule has 0 amide bonds. The lowest BCUT2D eigenvalue weighted by Gasteiger charge is -2.13. The van der Waals surface area contributed by atoms with Crippen LogP contribution < -0.4 is 10.1 Å². The fraction of sp³-hybridized carbons (Fsp3) is 0.200. The van der Waals surface area contributed by atoms with Gasteiger partial charge in [0, 0.05) is 17.1 Å². The number of nitrogens with one attached hydrogen (secondary N) is 1. The first-order chi connectivity index (χ1) is 9.61. The second-order valence-corrected chi connectivity index (χ2v) is 5.55. The van der Waals surface area contributed by atoms with Crippen LogP contribution in [0.3, 0.4) is 0 Å². The SMILES string of the molecule is CNCc1c(Cl)cccc1OCc1ccc(F)c(Br)c1. The Bertz CT molecular complexity index is 606. The molecule has 5 heteroatoms. The van der Waals surface area contributed by atoms with Gasteiger partial charge in [-0.1, -0.05) is 23.7 Å². The number of ether oxygens (including phenoxy) is 1. The second-order valence-electron chi connectivity index (χ2n) is 4.28. The van der Waals surface area contributed by atoms with E-state index in [4.69, 9.17) is 16.3 Å². The first-order valence-electron chi connectivity index (χ1n) is 6.10. The maximum Gasteiger partial charge on any atom is 0.137 e. The molecule has 0 spiro atoms. The van der Waals surface area contributed by atoms with Crippen molar-refractivity contribution in [2.75, 3.05) is 7.05 Å². The fourth-order valence-corrected chi connectivity index (χ4v) is 2.47. The zero-order valence-electron chi connectivity index (χ0n) is 10.9. The average Bonchev–Trinajstić information content (AvgIpc) is 2.43. The summed E-state index contributed by atoms with van der Waals surface area (Å²) in [6.45, 7) is 0.984. The maximum atomic E-state index is 13.2. The summed E-state index contributed by atoms with van der Waals surface area (Å²) in [5.74, 6) is 0.444. The Morgan fingerprint density at radius 3 is 2.80 bits per heavy atom. The first kappa shape index (κ1) is 15.3. The minimum Gasteiger partial charge on any atom is -0.489 e. The highest BCUT2D eigenvalue weighted by atomic mass is 79.9. The van der Waals surface area contributed by atoms with Crippen LogP contribution in [-0.4, -0.2) is 7.05 Å². The lowest BCUT2D eigenvalue weighted by molar-refractivity contribution is 0.302. The average molecular weight is 359 g/mol. The van der Waals surface area contributed by atoms with Gasteiger partial charge in [0.25, 0.3) is 0 Å². The van der Waals surface area contributed by atoms with Gasteiger partial charge in [-0.3, -0.25) is 0 Å². The van der Waals surface area contributed by atoms with Crippen LogP contribution in [-0.2, 0) is 13.2 Å². The smallest absolute Gasteiger partial charge is 0.137 e. The number of rotatable bonds is 5. The van der Waals surface area contributed by atoms with E-state index in [1.165, 1.54) is 6.07 Å². The fourth-order valence-electron chi connectivity index (χ4n) is 1.81. The van der Waals surface area contributed by atoms with E-state index >= 15 is 0 Å². The Morgan fingerprint density at radius 2 is 2.10 bits per heavy atom. The van der Waals surface area contributed by atoms with Crippen molar-refractivity contribution >= 4 is 27.5 Å². The summed E-state index contributed by atoms with van der Waals surface area (Å²) in [6, 6.07) is 10.4. The van der Waals surface area contributed by atoms with Crippen LogP contribution in [0.5, 0.6) is 5.75 Å². The van der Waals surface area contributed by atoms with E-state index in [0.29, 0.717) is 22.6 Å². The topological polar surface area (TPSA) is 21.3 Å². The van der Waals surface area contributed by atoms with Crippen LogP contribution in [0.1, 0.15) is 11.1 Å². The van der Waals surface area contributed by atoms with E-state index in [1.807, 2.05) is 25.2 Å². The van der Waals surface area contributed by atoms with E-state index in [1.54, 1.807) is 12.1 Å². The third-order valence-electron chi connectivity index (χ3n) is 2.81. The monoisotopic (exact) mass is 357 g/mol. The zero-order chi connectivity index (χ0) is 14.5. The molecule has 0 aliphatic rings. The van der Waals surface area contributed by atoms with Gasteiger partial charge in [0.15, 0.2) is 0 Å². The third kappa shape index (κ3) is 3.72. The molecule has 20 heavy (non-hydrogen) atoms. The van der Waals surface area contributed by atoms with E-state index in [9.17, 15) is 4.39 Å². The van der Waals surface area contributed by atoms with Gasteiger partial charge in [0.05, 0.1) is 4.47 Å². The molecule has 0 saturated heterocycles. The Kier molecular flexibility index (Phi) is 5.40. The van der Waals surface area contributed by atoms with E-state index in [2.05, 4.69) is 21.2 Å². The van der Waals surface area contributed by atoms with Crippen molar-refractivity contribution in [1.82, 2.24) is 5.32 Å². The molecule has 0 fully saturated rings. The molecule has 1 N–H and O–H groups in total. The quantitative estimate of drug-likeness (QED) is 0.847. The van der Waals surface area contributed by atoms with Crippen molar-refractivity contribution < 1.29 is 9.13 Å². The number of hydrogen-bond donors (Lipinski definition) is 1. The molecule has 0 radical (unpaired) electrons. The van der Waals surface area contributed by atoms with Gasteiger partial charge in [-0.15, -0.1) is 0 Å². The molecule has 0 bridgehead atoms. The summed E-state index contributed by atoms with van der Waals surface area (Å²) in [6.07, 6.45) is 0. The van der Waals surface area contributed by atoms with Gasteiger partial charge < -0.3 is 10.1 Å². The van der Waals surface area contributed by atoms with Crippen molar-refractivity contribution in [2.45, 2.75) is 13.2 Å². The van der Waals surface area contributed by atoms with Gasteiger partial charge in [-0.05, 0) is 52.8 Å². The van der Waals surface area contributed by atoms with Crippen molar-refractivity contribution in [3.63, 3.8) is 0 Å². The normalized spacial score (nSPS) is 10.6. The molecular formula is C15H14BrClFNO. The van der Waals surface area contributed by atoms with Gasteiger partial charge in [0.1, 0.15) is 18.2 Å². The molecule has 0 aliphatic heterocycles. The van der Waals surface area contributed by atoms with Crippen molar-refractivity contribution in [3.8, 4) is 5.75 Å². The van der Waals surface area contributed by atoms with Crippen LogP contribution in [0.15, 0.2) is 40.9 Å². The second kappa shape index (κ2) is 7.07. The predicted molar refractivity (Wildman–Crippen MR) is 82.6 cm³/mol. The van der Waals surface area contributed by atoms with Gasteiger partial charge in [-0.25, -0.2) is 4.39 Å². The minimum absolute atomic E-state index is 0.285. The summed E-state index contributed by atoms with van der Waals surface area (Å²) < 4.78 is 19.4. The van der Waals surface area contributed by atoms with E-state index in [-0.39, 0.29) is 5.82 Å². The summed E-state index contributed by atoms with van der Waals surface area (Å²) in [5, 5.41) is 3.72. The number of halogens is 3. The lowest BCUT2D eigenvalue weighted by Crippen LogP contribution is -2.08. The highest BCUT2D eigenvalue weighted by molar-refractivity contribution is 9.10. The molecule has 0 aromatic heterocycles. The molecule has 2 aromatic rings. The molecule has 0 aliphatic carbocycles. The number of hydrogen-bond acceptors (Lipinski definition) is 2. The zero-order valence-corrected chi connectivity index (χ0v) is 13.3. The summed E-state index contributed by atoms with van der Waals surface area (Å²) >= 11 is 9.32. The molecule has 2 rings (SSSR count). The Morgan fingerprint density at radius 1 is 1.30 bits per heavy atom. The molecule has 0 atom stereocenters. The molecule has 0 saturated carbocycles. The molecule has 106 valence electrons. The highest BCUT2D eigenvalue weighted by Gasteiger charge is 2.08. The summed E-state index contributed by atoms with van der Waals surface area (Å²) in [7, 11) is 1.85. The van der Waals surface area contributed by atoms with Crippen molar-refractivity contribution in [2.24, 2.45) is 0 Å². The lowest BCUT2D eigenvalue weighted by atomic mass is 10.2. The van der Waals surface area contributed by atoms with Crippen LogP contribution in [0.25, 0.3) is 0 Å². The van der Waals surface area contributed by atoms with E-state index < -0.39 is 0 Å². The van der Waals surface area contributed by atoms with Gasteiger partial charge >= 0.3 is 0 Å². The largest absolute Gasteiger partial charge is 0.489 e. The molecule has 0 unspecified atom stereocenters. The summed E-state index contributed by atoms with van der Waals surface area (Å²) in [5.41, 5.74) is 1.80. The van der Waals surface area contributed by atoms with Crippen LogP contribution >= 0.6 is 27.5 Å². The Labute approximate surface area is 131 Å². The Balaban J connectivity index is 2.14. The van der Waals surface area contributed by atoms with Gasteiger partial charge in [-0.2, -0.15) is 0 Å². The standard InChI is InChI=1S/C15H14BrClFNO/c1-19-8-11-13(17)3-2-4-15(11)20-9-10-5-6-14(18)12(16)7-10/h2-7,19H,8-9H2,1H3. The molecule has 0 heterocycles. The van der Waals surface area contributed by atoms with Gasteiger partial charge in [0.2, 0.25) is 0 Å². The minimum atomic E-state index is -0.285. The predicted octanol–water partition coefficient (Wildman–Crippen LogP) is 4.54. The number of benzene rings is 2. The Hall–Kier alpha value is -1.10. The van der Waals surface area contributed by atoms with Crippen LogP contribution in [0.4, 0.5) is 4.39 Å².